The zero-order valence-electron chi connectivity index (χ0n) is 13.6. The Kier molecular flexibility index (Phi) is 3.40. The second kappa shape index (κ2) is 5.64. The molecule has 4 heterocycles. The van der Waals surface area contributed by atoms with Crippen molar-refractivity contribution in [2.75, 3.05) is 18.5 Å². The van der Waals surface area contributed by atoms with Crippen LogP contribution in [0.3, 0.4) is 0 Å². The topological polar surface area (TPSA) is 59.9 Å². The van der Waals surface area contributed by atoms with E-state index in [1.165, 1.54) is 0 Å². The summed E-state index contributed by atoms with van der Waals surface area (Å²) < 4.78 is 5.92. The van der Waals surface area contributed by atoms with E-state index in [0.29, 0.717) is 5.02 Å². The van der Waals surface area contributed by atoms with Crippen molar-refractivity contribution in [3.05, 3.63) is 47.7 Å². The van der Waals surface area contributed by atoms with Gasteiger partial charge in [-0.2, -0.15) is 0 Å². The minimum absolute atomic E-state index is 0.000547. The van der Waals surface area contributed by atoms with Gasteiger partial charge in [0.15, 0.2) is 5.82 Å². The van der Waals surface area contributed by atoms with Crippen LogP contribution in [0.4, 0.5) is 5.82 Å². The van der Waals surface area contributed by atoms with E-state index in [1.54, 1.807) is 6.20 Å². The first-order valence-corrected chi connectivity index (χ1v) is 8.84. The maximum atomic E-state index is 5.99. The molecule has 0 amide bonds. The summed E-state index contributed by atoms with van der Waals surface area (Å²) in [5.41, 5.74) is 1.78. The second-order valence-corrected chi connectivity index (χ2v) is 7.38. The Bertz CT molecular complexity index is 932. The van der Waals surface area contributed by atoms with Crippen LogP contribution in [0.2, 0.25) is 5.02 Å². The maximum Gasteiger partial charge on any atom is 0.156 e. The number of anilines is 1. The van der Waals surface area contributed by atoms with Gasteiger partial charge >= 0.3 is 0 Å². The number of benzene rings is 1. The fraction of sp³-hybridized carbons (Fsp3) is 0.316. The molecule has 2 aliphatic heterocycles. The van der Waals surface area contributed by atoms with Gasteiger partial charge in [-0.3, -0.25) is 4.98 Å². The lowest BCUT2D eigenvalue weighted by Gasteiger charge is -2.36. The second-order valence-electron chi connectivity index (χ2n) is 6.95. The smallest absolute Gasteiger partial charge is 0.156 e. The molecule has 126 valence electrons. The van der Waals surface area contributed by atoms with Crippen LogP contribution in [-0.4, -0.2) is 33.9 Å². The normalized spacial score (nSPS) is 24.3. The summed E-state index contributed by atoms with van der Waals surface area (Å²) in [7, 11) is 0. The van der Waals surface area contributed by atoms with Crippen molar-refractivity contribution in [2.24, 2.45) is 5.92 Å². The largest absolute Gasteiger partial charge is 0.373 e. The van der Waals surface area contributed by atoms with E-state index in [4.69, 9.17) is 16.3 Å². The highest BCUT2D eigenvalue weighted by atomic mass is 35.5. The van der Waals surface area contributed by atoms with Gasteiger partial charge < -0.3 is 10.1 Å². The van der Waals surface area contributed by atoms with Crippen LogP contribution < -0.4 is 5.32 Å². The number of pyridine rings is 1. The molecular formula is C19H17ClN4O. The van der Waals surface area contributed by atoms with E-state index in [-0.39, 0.29) is 5.60 Å². The quantitative estimate of drug-likeness (QED) is 0.770. The zero-order chi connectivity index (χ0) is 16.9. The molecule has 1 aromatic carbocycles. The van der Waals surface area contributed by atoms with E-state index >= 15 is 0 Å². The number of hydrogen-bond acceptors (Lipinski definition) is 5. The summed E-state index contributed by atoms with van der Waals surface area (Å²) in [5, 5.41) is 15.0. The molecule has 3 aromatic rings. The molecule has 1 N–H and O–H groups in total. The van der Waals surface area contributed by atoms with Gasteiger partial charge in [-0.15, -0.1) is 10.2 Å². The molecule has 1 aliphatic carbocycles. The average Bonchev–Trinajstić information content (AvgIpc) is 3.21. The lowest BCUT2D eigenvalue weighted by Crippen LogP contribution is -2.43. The van der Waals surface area contributed by atoms with Gasteiger partial charge in [0.05, 0.1) is 12.2 Å². The summed E-state index contributed by atoms with van der Waals surface area (Å²) in [6.07, 6.45) is 5.92. The van der Waals surface area contributed by atoms with Crippen molar-refractivity contribution < 1.29 is 4.74 Å². The third-order valence-electron chi connectivity index (χ3n) is 5.22. The van der Waals surface area contributed by atoms with Crippen LogP contribution in [0.15, 0.2) is 42.7 Å². The van der Waals surface area contributed by atoms with Crippen LogP contribution in [0.5, 0.6) is 0 Å². The molecule has 1 saturated carbocycles. The summed E-state index contributed by atoms with van der Waals surface area (Å²) in [6, 6.07) is 9.59. The van der Waals surface area contributed by atoms with Crippen LogP contribution in [0.1, 0.15) is 12.8 Å². The summed E-state index contributed by atoms with van der Waals surface area (Å²) in [5.74, 6) is 1.53. The third-order valence-corrected chi connectivity index (χ3v) is 5.48. The van der Waals surface area contributed by atoms with Gasteiger partial charge in [0.1, 0.15) is 5.69 Å². The Hall–Kier alpha value is -2.24. The van der Waals surface area contributed by atoms with E-state index in [1.807, 2.05) is 36.5 Å². The summed E-state index contributed by atoms with van der Waals surface area (Å²) >= 11 is 5.99. The SMILES string of the molecule is Clc1ccc(-c2nnc(NCC34CC(CO3)C4)c3ccncc23)cc1. The molecule has 25 heavy (non-hydrogen) atoms. The van der Waals surface area contributed by atoms with E-state index in [2.05, 4.69) is 20.5 Å². The molecule has 6 rings (SSSR count). The number of rotatable bonds is 4. The number of ether oxygens (including phenoxy) is 1. The molecular weight excluding hydrogens is 336 g/mol. The fourth-order valence-electron chi connectivity index (χ4n) is 3.91. The monoisotopic (exact) mass is 352 g/mol. The van der Waals surface area contributed by atoms with Gasteiger partial charge in [0.2, 0.25) is 0 Å². The third kappa shape index (κ3) is 2.55. The first-order chi connectivity index (χ1) is 12.2. The van der Waals surface area contributed by atoms with Crippen LogP contribution in [0, 0.1) is 5.92 Å². The molecule has 2 saturated heterocycles. The Morgan fingerprint density at radius 3 is 2.72 bits per heavy atom. The number of hydrogen-bond donors (Lipinski definition) is 1. The Labute approximate surface area is 150 Å². The van der Waals surface area contributed by atoms with E-state index in [9.17, 15) is 0 Å². The van der Waals surface area contributed by atoms with Crippen LogP contribution >= 0.6 is 11.6 Å². The number of nitrogens with one attached hydrogen (secondary N) is 1. The van der Waals surface area contributed by atoms with Gasteiger partial charge in [-0.25, -0.2) is 0 Å². The van der Waals surface area contributed by atoms with Gasteiger partial charge in [-0.05, 0) is 37.0 Å². The van der Waals surface area contributed by atoms with Gasteiger partial charge in [-0.1, -0.05) is 23.7 Å². The minimum Gasteiger partial charge on any atom is -0.373 e. The predicted octanol–water partition coefficient (Wildman–Crippen LogP) is 3.94. The van der Waals surface area contributed by atoms with Gasteiger partial charge in [0.25, 0.3) is 0 Å². The molecule has 3 aliphatic rings. The molecule has 0 atom stereocenters. The molecule has 2 aromatic heterocycles. The fourth-order valence-corrected chi connectivity index (χ4v) is 4.04. The Balaban J connectivity index is 1.51. The molecule has 5 nitrogen and oxygen atoms in total. The van der Waals surface area contributed by atoms with Crippen molar-refractivity contribution in [1.29, 1.82) is 0 Å². The highest BCUT2D eigenvalue weighted by molar-refractivity contribution is 6.30. The molecule has 6 heteroatoms. The predicted molar refractivity (Wildman–Crippen MR) is 97.7 cm³/mol. The van der Waals surface area contributed by atoms with E-state index < -0.39 is 0 Å². The molecule has 3 fully saturated rings. The zero-order valence-corrected chi connectivity index (χ0v) is 14.3. The molecule has 0 spiro atoms. The van der Waals surface area contributed by atoms with E-state index in [0.717, 1.165) is 59.8 Å². The van der Waals surface area contributed by atoms with Crippen molar-refractivity contribution in [1.82, 2.24) is 15.2 Å². The number of fused-ring (bicyclic) bond motifs is 2. The van der Waals surface area contributed by atoms with Crippen molar-refractivity contribution >= 4 is 28.2 Å². The number of nitrogens with zero attached hydrogens (tertiary/aromatic N) is 3. The molecule has 2 bridgehead atoms. The Morgan fingerprint density at radius 2 is 1.96 bits per heavy atom. The lowest BCUT2D eigenvalue weighted by atomic mass is 9.74. The summed E-state index contributed by atoms with van der Waals surface area (Å²) in [4.78, 5) is 4.27. The first-order valence-electron chi connectivity index (χ1n) is 8.47. The number of halogens is 1. The lowest BCUT2D eigenvalue weighted by molar-refractivity contribution is 0.0145. The first kappa shape index (κ1) is 15.0. The summed E-state index contributed by atoms with van der Waals surface area (Å²) in [6.45, 7) is 1.67. The highest BCUT2D eigenvalue weighted by Crippen LogP contribution is 2.48. The van der Waals surface area contributed by atoms with Crippen LogP contribution in [-0.2, 0) is 4.74 Å². The standard InChI is InChI=1S/C19H17ClN4O/c20-14-3-1-13(2-4-14)17-16-9-21-6-5-15(16)18(24-23-17)22-11-19-7-12(8-19)10-25-19/h1-6,9,12H,7-8,10-11H2,(H,22,24). The highest BCUT2D eigenvalue weighted by Gasteiger charge is 2.51. The Morgan fingerprint density at radius 1 is 1.12 bits per heavy atom. The van der Waals surface area contributed by atoms with Gasteiger partial charge in [0, 0.05) is 40.3 Å². The average molecular weight is 353 g/mol. The van der Waals surface area contributed by atoms with Crippen molar-refractivity contribution in [2.45, 2.75) is 18.4 Å². The van der Waals surface area contributed by atoms with Crippen LogP contribution in [0.25, 0.3) is 22.0 Å². The number of aromatic nitrogens is 3. The van der Waals surface area contributed by atoms with Crippen molar-refractivity contribution in [3.63, 3.8) is 0 Å². The minimum atomic E-state index is 0.000547. The molecule has 0 unspecified atom stereocenters. The maximum absolute atomic E-state index is 5.99. The van der Waals surface area contributed by atoms with Crippen molar-refractivity contribution in [3.8, 4) is 11.3 Å². The molecule has 0 radical (unpaired) electrons.